The number of hydrogen-bond acceptors (Lipinski definition) is 7. The molecule has 2 heterocycles. The van der Waals surface area contributed by atoms with Crippen molar-refractivity contribution in [2.24, 2.45) is 11.7 Å². The third-order valence-electron chi connectivity index (χ3n) is 4.67. The Hall–Kier alpha value is -1.96. The molecule has 0 saturated carbocycles. The molecule has 1 saturated heterocycles. The zero-order chi connectivity index (χ0) is 19.3. The Morgan fingerprint density at radius 2 is 1.77 bits per heavy atom. The van der Waals surface area contributed by atoms with E-state index in [0.717, 1.165) is 44.8 Å². The number of aromatic nitrogens is 3. The van der Waals surface area contributed by atoms with Crippen LogP contribution in [0.4, 0.5) is 11.9 Å². The summed E-state index contributed by atoms with van der Waals surface area (Å²) >= 11 is 0. The minimum Gasteiger partial charge on any atom is -0.368 e. The van der Waals surface area contributed by atoms with Gasteiger partial charge >= 0.3 is 0 Å². The van der Waals surface area contributed by atoms with Crippen molar-refractivity contribution in [3.05, 3.63) is 5.82 Å². The fourth-order valence-corrected chi connectivity index (χ4v) is 2.98. The van der Waals surface area contributed by atoms with E-state index in [1.54, 1.807) is 11.9 Å². The maximum atomic E-state index is 11.3. The second-order valence-electron chi connectivity index (χ2n) is 7.72. The topological polar surface area (TPSA) is 91.5 Å². The lowest BCUT2D eigenvalue weighted by molar-refractivity contribution is -0.116. The summed E-state index contributed by atoms with van der Waals surface area (Å²) in [5.74, 6) is 2.17. The van der Waals surface area contributed by atoms with Crippen LogP contribution in [0.2, 0.25) is 0 Å². The van der Waals surface area contributed by atoms with Crippen LogP contribution in [0.3, 0.4) is 0 Å². The molecule has 0 atom stereocenters. The molecule has 8 heteroatoms. The van der Waals surface area contributed by atoms with Gasteiger partial charge in [-0.1, -0.05) is 13.8 Å². The van der Waals surface area contributed by atoms with Gasteiger partial charge in [0.05, 0.1) is 6.54 Å². The first-order valence-electron chi connectivity index (χ1n) is 9.49. The Morgan fingerprint density at radius 3 is 2.31 bits per heavy atom. The molecular formula is C18H33N7O. The highest BCUT2D eigenvalue weighted by Crippen LogP contribution is 2.17. The van der Waals surface area contributed by atoms with Crippen LogP contribution in [0.1, 0.15) is 39.9 Å². The van der Waals surface area contributed by atoms with Gasteiger partial charge in [0.2, 0.25) is 17.8 Å². The maximum absolute atomic E-state index is 11.3. The van der Waals surface area contributed by atoms with Gasteiger partial charge in [-0.05, 0) is 26.2 Å². The average molecular weight is 364 g/mol. The summed E-state index contributed by atoms with van der Waals surface area (Å²) in [6.45, 7) is 12.7. The molecule has 2 rings (SSSR count). The minimum atomic E-state index is -0.399. The van der Waals surface area contributed by atoms with Gasteiger partial charge in [0.1, 0.15) is 5.82 Å². The van der Waals surface area contributed by atoms with E-state index in [1.807, 2.05) is 0 Å². The maximum Gasteiger partial charge on any atom is 0.237 e. The lowest BCUT2D eigenvalue weighted by Gasteiger charge is -2.37. The number of rotatable bonds is 8. The van der Waals surface area contributed by atoms with Gasteiger partial charge in [-0.15, -0.1) is 0 Å². The van der Waals surface area contributed by atoms with Crippen molar-refractivity contribution < 1.29 is 4.79 Å². The molecule has 1 aliphatic rings. The van der Waals surface area contributed by atoms with E-state index >= 15 is 0 Å². The van der Waals surface area contributed by atoms with Crippen LogP contribution in [0.15, 0.2) is 0 Å². The molecule has 8 nitrogen and oxygen atoms in total. The van der Waals surface area contributed by atoms with E-state index in [4.69, 9.17) is 10.7 Å². The SMILES string of the molecule is CC(C)CCc1nc(N(C)CC(N)=O)nc(N2CCN(C(C)C)CC2)n1. The largest absolute Gasteiger partial charge is 0.368 e. The van der Waals surface area contributed by atoms with Crippen LogP contribution in [-0.2, 0) is 11.2 Å². The molecule has 1 aromatic rings. The first-order chi connectivity index (χ1) is 12.3. The molecule has 0 aliphatic carbocycles. The van der Waals surface area contributed by atoms with Gasteiger partial charge in [0, 0.05) is 45.7 Å². The van der Waals surface area contributed by atoms with Gasteiger partial charge in [-0.25, -0.2) is 0 Å². The van der Waals surface area contributed by atoms with Crippen molar-refractivity contribution in [2.45, 2.75) is 46.6 Å². The van der Waals surface area contributed by atoms with E-state index in [9.17, 15) is 4.79 Å². The Bertz CT molecular complexity index is 597. The molecular weight excluding hydrogens is 330 g/mol. The Labute approximate surface area is 156 Å². The number of nitrogens with two attached hydrogens (primary N) is 1. The normalized spacial score (nSPS) is 15.7. The first-order valence-corrected chi connectivity index (χ1v) is 9.49. The van der Waals surface area contributed by atoms with Crippen LogP contribution in [0.25, 0.3) is 0 Å². The quantitative estimate of drug-likeness (QED) is 0.734. The number of hydrogen-bond donors (Lipinski definition) is 1. The molecule has 1 aliphatic heterocycles. The summed E-state index contributed by atoms with van der Waals surface area (Å²) in [5.41, 5.74) is 5.32. The molecule has 1 fully saturated rings. The molecule has 0 unspecified atom stereocenters. The van der Waals surface area contributed by atoms with E-state index < -0.39 is 5.91 Å². The number of carbonyl (C=O) groups is 1. The molecule has 1 amide bonds. The van der Waals surface area contributed by atoms with Crippen molar-refractivity contribution in [1.82, 2.24) is 19.9 Å². The summed E-state index contributed by atoms with van der Waals surface area (Å²) in [7, 11) is 1.78. The number of amides is 1. The van der Waals surface area contributed by atoms with Crippen LogP contribution < -0.4 is 15.5 Å². The summed E-state index contributed by atoms with van der Waals surface area (Å²) in [6.07, 6.45) is 1.82. The molecule has 26 heavy (non-hydrogen) atoms. The van der Waals surface area contributed by atoms with Gasteiger partial charge in [0.25, 0.3) is 0 Å². The molecule has 0 radical (unpaired) electrons. The molecule has 0 aromatic carbocycles. The summed E-state index contributed by atoms with van der Waals surface area (Å²) < 4.78 is 0. The molecule has 0 spiro atoms. The van der Waals surface area contributed by atoms with Crippen molar-refractivity contribution >= 4 is 17.8 Å². The van der Waals surface area contributed by atoms with Crippen molar-refractivity contribution in [3.63, 3.8) is 0 Å². The van der Waals surface area contributed by atoms with Gasteiger partial charge in [-0.3, -0.25) is 9.69 Å². The average Bonchev–Trinajstić information content (AvgIpc) is 2.59. The minimum absolute atomic E-state index is 0.0915. The van der Waals surface area contributed by atoms with Gasteiger partial charge in [0.15, 0.2) is 0 Å². The second kappa shape index (κ2) is 9.12. The molecule has 146 valence electrons. The fraction of sp³-hybridized carbons (Fsp3) is 0.778. The number of aryl methyl sites for hydroxylation is 1. The zero-order valence-corrected chi connectivity index (χ0v) is 16.8. The predicted octanol–water partition coefficient (Wildman–Crippen LogP) is 0.912. The Kier molecular flexibility index (Phi) is 7.14. The number of primary amides is 1. The lowest BCUT2D eigenvalue weighted by atomic mass is 10.1. The van der Waals surface area contributed by atoms with E-state index in [-0.39, 0.29) is 6.54 Å². The second-order valence-corrected chi connectivity index (χ2v) is 7.72. The molecule has 1 aromatic heterocycles. The highest BCUT2D eigenvalue weighted by molar-refractivity contribution is 5.78. The highest BCUT2D eigenvalue weighted by atomic mass is 16.1. The van der Waals surface area contributed by atoms with Crippen LogP contribution in [0.5, 0.6) is 0 Å². The van der Waals surface area contributed by atoms with Crippen LogP contribution in [0, 0.1) is 5.92 Å². The first kappa shape index (κ1) is 20.4. The number of anilines is 2. The third kappa shape index (κ3) is 5.79. The number of carbonyl (C=O) groups excluding carboxylic acids is 1. The highest BCUT2D eigenvalue weighted by Gasteiger charge is 2.22. The monoisotopic (exact) mass is 363 g/mol. The summed E-state index contributed by atoms with van der Waals surface area (Å²) in [5, 5.41) is 0. The van der Waals surface area contributed by atoms with Crippen molar-refractivity contribution in [2.75, 3.05) is 49.6 Å². The van der Waals surface area contributed by atoms with Crippen LogP contribution in [-0.4, -0.2) is 71.6 Å². The smallest absolute Gasteiger partial charge is 0.237 e. The molecule has 0 bridgehead atoms. The number of likely N-dealkylation sites (N-methyl/N-ethyl adjacent to an activating group) is 1. The predicted molar refractivity (Wildman–Crippen MR) is 104 cm³/mol. The Morgan fingerprint density at radius 1 is 1.12 bits per heavy atom. The summed E-state index contributed by atoms with van der Waals surface area (Å²) in [4.78, 5) is 31.5. The van der Waals surface area contributed by atoms with Crippen molar-refractivity contribution in [3.8, 4) is 0 Å². The van der Waals surface area contributed by atoms with Crippen LogP contribution >= 0.6 is 0 Å². The third-order valence-corrected chi connectivity index (χ3v) is 4.67. The van der Waals surface area contributed by atoms with E-state index in [0.29, 0.717) is 23.9 Å². The lowest BCUT2D eigenvalue weighted by Crippen LogP contribution is -2.49. The number of piperazine rings is 1. The standard InChI is InChI=1S/C18H33N7O/c1-13(2)6-7-16-20-17(23(5)12-15(19)26)22-18(21-16)25-10-8-24(9-11-25)14(3)4/h13-14H,6-12H2,1-5H3,(H2,19,26). The van der Waals surface area contributed by atoms with Gasteiger partial charge in [-0.2, -0.15) is 15.0 Å². The van der Waals surface area contributed by atoms with Gasteiger partial charge < -0.3 is 15.5 Å². The Balaban J connectivity index is 2.20. The van der Waals surface area contributed by atoms with E-state index in [1.165, 1.54) is 0 Å². The molecule has 2 N–H and O–H groups in total. The van der Waals surface area contributed by atoms with E-state index in [2.05, 4.69) is 47.5 Å². The summed E-state index contributed by atoms with van der Waals surface area (Å²) in [6, 6.07) is 0.550. The number of nitrogens with zero attached hydrogens (tertiary/aromatic N) is 6. The fourth-order valence-electron chi connectivity index (χ4n) is 2.98. The zero-order valence-electron chi connectivity index (χ0n) is 16.8. The van der Waals surface area contributed by atoms with Crippen molar-refractivity contribution in [1.29, 1.82) is 0 Å².